The van der Waals surface area contributed by atoms with E-state index >= 15 is 0 Å². The first-order chi connectivity index (χ1) is 11.0. The molecule has 0 radical (unpaired) electrons. The Morgan fingerprint density at radius 1 is 1.33 bits per heavy atom. The number of nitrogens with one attached hydrogen (secondary N) is 1. The van der Waals surface area contributed by atoms with Gasteiger partial charge in [-0.25, -0.2) is 0 Å². The Bertz CT molecular complexity index is 606. The molecule has 1 aliphatic rings. The van der Waals surface area contributed by atoms with Gasteiger partial charge in [0.05, 0.1) is 22.9 Å². The van der Waals surface area contributed by atoms with E-state index in [1.165, 1.54) is 11.3 Å². The number of carbonyl (C=O) groups is 2. The molecule has 0 saturated carbocycles. The molecule has 2 rings (SSSR count). The first-order valence-corrected chi connectivity index (χ1v) is 12.3. The van der Waals surface area contributed by atoms with E-state index in [4.69, 9.17) is 4.43 Å². The van der Waals surface area contributed by atoms with E-state index in [9.17, 15) is 9.59 Å². The van der Waals surface area contributed by atoms with Crippen molar-refractivity contribution in [3.63, 3.8) is 0 Å². The second-order valence-corrected chi connectivity index (χ2v) is 14.0. The molecule has 6 heteroatoms. The van der Waals surface area contributed by atoms with Crippen LogP contribution >= 0.6 is 11.3 Å². The van der Waals surface area contributed by atoms with Crippen LogP contribution in [0.1, 0.15) is 44.3 Å². The summed E-state index contributed by atoms with van der Waals surface area (Å²) in [5.41, 5.74) is 0. The minimum absolute atomic E-state index is 0.00274. The van der Waals surface area contributed by atoms with E-state index in [1.54, 1.807) is 0 Å². The van der Waals surface area contributed by atoms with Crippen LogP contribution in [0.25, 0.3) is 0 Å². The lowest BCUT2D eigenvalue weighted by atomic mass is 9.77. The SMILES string of the molecule is CC(O[Si](C)(C)C(C)(C)C)[C@H]1C(=O)N[C@H]1C(C)C(=O)c1cccs1. The lowest BCUT2D eigenvalue weighted by Gasteiger charge is -2.46. The number of β-lactam (4-membered cyclic amide) rings is 1. The molecule has 1 amide bonds. The Morgan fingerprint density at radius 2 is 1.96 bits per heavy atom. The van der Waals surface area contributed by atoms with Gasteiger partial charge in [-0.05, 0) is 36.5 Å². The standard InChI is InChI=1S/C18H29NO3SSi/c1-11(16(20)13-9-8-10-23-13)15-14(17(21)19-15)12(2)22-24(6,7)18(3,4)5/h8-12,14-15H,1-7H3,(H,19,21)/t11?,12?,14-,15+/m1/s1. The molecule has 0 aromatic carbocycles. The highest BCUT2D eigenvalue weighted by Crippen LogP contribution is 2.39. The molecule has 1 N–H and O–H groups in total. The van der Waals surface area contributed by atoms with Gasteiger partial charge in [0.2, 0.25) is 5.91 Å². The van der Waals surface area contributed by atoms with Crippen LogP contribution in [0.15, 0.2) is 17.5 Å². The number of rotatable bonds is 6. The Balaban J connectivity index is 2.09. The fourth-order valence-corrected chi connectivity index (χ4v) is 5.07. The van der Waals surface area contributed by atoms with E-state index in [2.05, 4.69) is 39.2 Å². The predicted molar refractivity (Wildman–Crippen MR) is 101 cm³/mol. The third-order valence-corrected chi connectivity index (χ3v) is 11.0. The summed E-state index contributed by atoms with van der Waals surface area (Å²) >= 11 is 1.45. The van der Waals surface area contributed by atoms with Crippen molar-refractivity contribution in [1.82, 2.24) is 5.32 Å². The van der Waals surface area contributed by atoms with Crippen molar-refractivity contribution in [2.24, 2.45) is 11.8 Å². The smallest absolute Gasteiger partial charge is 0.228 e. The number of ketones is 1. The number of carbonyl (C=O) groups excluding carboxylic acids is 2. The summed E-state index contributed by atoms with van der Waals surface area (Å²) in [5, 5.41) is 4.92. The second kappa shape index (κ2) is 6.73. The zero-order valence-electron chi connectivity index (χ0n) is 15.7. The molecule has 0 spiro atoms. The van der Waals surface area contributed by atoms with Crippen molar-refractivity contribution in [1.29, 1.82) is 0 Å². The fraction of sp³-hybridized carbons (Fsp3) is 0.667. The largest absolute Gasteiger partial charge is 0.413 e. The van der Waals surface area contributed by atoms with Crippen molar-refractivity contribution in [3.8, 4) is 0 Å². The van der Waals surface area contributed by atoms with Gasteiger partial charge in [0.1, 0.15) is 0 Å². The highest BCUT2D eigenvalue weighted by atomic mass is 32.1. The van der Waals surface area contributed by atoms with Crippen LogP contribution in [0, 0.1) is 11.8 Å². The summed E-state index contributed by atoms with van der Waals surface area (Å²) in [7, 11) is -1.95. The van der Waals surface area contributed by atoms with E-state index in [-0.39, 0.29) is 40.7 Å². The van der Waals surface area contributed by atoms with E-state index in [0.29, 0.717) is 0 Å². The molecular weight excluding hydrogens is 338 g/mol. The van der Waals surface area contributed by atoms with Gasteiger partial charge in [0.25, 0.3) is 0 Å². The normalized spacial score (nSPS) is 24.0. The summed E-state index contributed by atoms with van der Waals surface area (Å²) < 4.78 is 6.40. The topological polar surface area (TPSA) is 55.4 Å². The van der Waals surface area contributed by atoms with E-state index < -0.39 is 8.32 Å². The third-order valence-electron chi connectivity index (χ3n) is 5.51. The van der Waals surface area contributed by atoms with Crippen LogP contribution in [-0.4, -0.2) is 32.2 Å². The average Bonchev–Trinajstić information content (AvgIpc) is 2.95. The van der Waals surface area contributed by atoms with Gasteiger partial charge in [-0.1, -0.05) is 33.8 Å². The van der Waals surface area contributed by atoms with Crippen LogP contribution in [0.3, 0.4) is 0 Å². The summed E-state index contributed by atoms with van der Waals surface area (Å²) in [6.45, 7) is 14.8. The lowest BCUT2D eigenvalue weighted by molar-refractivity contribution is -0.141. The van der Waals surface area contributed by atoms with Gasteiger partial charge in [-0.2, -0.15) is 0 Å². The zero-order valence-corrected chi connectivity index (χ0v) is 17.5. The number of amides is 1. The van der Waals surface area contributed by atoms with Gasteiger partial charge in [0.15, 0.2) is 14.1 Å². The van der Waals surface area contributed by atoms with E-state index in [0.717, 1.165) is 4.88 Å². The van der Waals surface area contributed by atoms with Gasteiger partial charge in [-0.15, -0.1) is 11.3 Å². The zero-order chi connectivity index (χ0) is 18.3. The van der Waals surface area contributed by atoms with Crippen molar-refractivity contribution >= 4 is 31.3 Å². The molecule has 2 heterocycles. The molecule has 1 aromatic rings. The molecular formula is C18H29NO3SSi. The Labute approximate surface area is 150 Å². The maximum atomic E-state index is 12.6. The molecule has 134 valence electrons. The molecule has 1 aromatic heterocycles. The Hall–Kier alpha value is -0.983. The Morgan fingerprint density at radius 3 is 2.42 bits per heavy atom. The van der Waals surface area contributed by atoms with Crippen molar-refractivity contribution in [2.45, 2.75) is 64.9 Å². The molecule has 1 saturated heterocycles. The second-order valence-electron chi connectivity index (χ2n) is 8.27. The highest BCUT2D eigenvalue weighted by molar-refractivity contribution is 7.12. The van der Waals surface area contributed by atoms with Crippen molar-refractivity contribution in [3.05, 3.63) is 22.4 Å². The van der Waals surface area contributed by atoms with Gasteiger partial charge in [-0.3, -0.25) is 9.59 Å². The molecule has 1 fully saturated rings. The van der Waals surface area contributed by atoms with Crippen LogP contribution in [0.4, 0.5) is 0 Å². The molecule has 1 aliphatic heterocycles. The highest BCUT2D eigenvalue weighted by Gasteiger charge is 2.50. The third kappa shape index (κ3) is 3.65. The summed E-state index contributed by atoms with van der Waals surface area (Å²) in [4.78, 5) is 25.5. The maximum absolute atomic E-state index is 12.6. The summed E-state index contributed by atoms with van der Waals surface area (Å²) in [5.74, 6) is -0.397. The monoisotopic (exact) mass is 367 g/mol. The minimum Gasteiger partial charge on any atom is -0.413 e. The van der Waals surface area contributed by atoms with Crippen LogP contribution in [0.2, 0.25) is 18.1 Å². The first-order valence-electron chi connectivity index (χ1n) is 8.51. The molecule has 0 bridgehead atoms. The Kier molecular flexibility index (Phi) is 5.42. The summed E-state index contributed by atoms with van der Waals surface area (Å²) in [6, 6.07) is 3.58. The van der Waals surface area contributed by atoms with Crippen LogP contribution in [-0.2, 0) is 9.22 Å². The first kappa shape index (κ1) is 19.3. The lowest BCUT2D eigenvalue weighted by Crippen LogP contribution is -2.66. The maximum Gasteiger partial charge on any atom is 0.228 e. The van der Waals surface area contributed by atoms with Crippen LogP contribution < -0.4 is 5.32 Å². The molecule has 24 heavy (non-hydrogen) atoms. The number of thiophene rings is 1. The van der Waals surface area contributed by atoms with Crippen molar-refractivity contribution in [2.75, 3.05) is 0 Å². The fourth-order valence-electron chi connectivity index (χ4n) is 2.88. The number of hydrogen-bond donors (Lipinski definition) is 1. The molecule has 2 unspecified atom stereocenters. The van der Waals surface area contributed by atoms with E-state index in [1.807, 2.05) is 31.4 Å². The molecule has 4 nitrogen and oxygen atoms in total. The quantitative estimate of drug-likeness (QED) is 0.468. The van der Waals surface area contributed by atoms with Gasteiger partial charge in [0, 0.05) is 5.92 Å². The molecule has 0 aliphatic carbocycles. The number of hydrogen-bond acceptors (Lipinski definition) is 4. The minimum atomic E-state index is -1.95. The number of Topliss-reactive ketones (excluding diaryl/α,β-unsaturated/α-hetero) is 1. The van der Waals surface area contributed by atoms with Gasteiger partial charge < -0.3 is 9.74 Å². The van der Waals surface area contributed by atoms with Crippen LogP contribution in [0.5, 0.6) is 0 Å². The molecule has 4 atom stereocenters. The summed E-state index contributed by atoms with van der Waals surface area (Å²) in [6.07, 6.45) is -0.178. The van der Waals surface area contributed by atoms with Gasteiger partial charge >= 0.3 is 0 Å². The van der Waals surface area contributed by atoms with Crippen molar-refractivity contribution < 1.29 is 14.0 Å². The predicted octanol–water partition coefficient (Wildman–Crippen LogP) is 4.09. The average molecular weight is 368 g/mol.